The first-order chi connectivity index (χ1) is 14.8. The van der Waals surface area contributed by atoms with E-state index in [0.717, 1.165) is 49.7 Å². The van der Waals surface area contributed by atoms with Crippen molar-refractivity contribution in [3.8, 4) is 0 Å². The first-order valence-electron chi connectivity index (χ1n) is 10.5. The number of nitrogens with zero attached hydrogens (tertiary/aromatic N) is 2. The minimum absolute atomic E-state index is 0.0487. The highest BCUT2D eigenvalue weighted by atomic mass is 32.1. The molecule has 3 aromatic heterocycles. The molecule has 6 nitrogen and oxygen atoms in total. The number of morpholine rings is 1. The maximum atomic E-state index is 12.8. The van der Waals surface area contributed by atoms with Gasteiger partial charge in [-0.15, -0.1) is 11.3 Å². The van der Waals surface area contributed by atoms with Crippen molar-refractivity contribution in [3.05, 3.63) is 70.3 Å². The lowest BCUT2D eigenvalue weighted by atomic mass is 9.89. The van der Waals surface area contributed by atoms with Gasteiger partial charge in [0.2, 0.25) is 0 Å². The number of rotatable bonds is 5. The molecule has 2 aliphatic rings. The van der Waals surface area contributed by atoms with Gasteiger partial charge in [0, 0.05) is 35.9 Å². The Morgan fingerprint density at radius 3 is 2.80 bits per heavy atom. The molecule has 1 aliphatic carbocycles. The molecular formula is C23H25N3O3S. The fraction of sp³-hybridized carbons (Fsp3) is 0.391. The monoisotopic (exact) mass is 423 g/mol. The Bertz CT molecular complexity index is 994. The molecular weight excluding hydrogens is 398 g/mol. The number of carbonyl (C=O) groups excluding carboxylic acids is 1. The summed E-state index contributed by atoms with van der Waals surface area (Å²) in [5.74, 6) is 0.128. The van der Waals surface area contributed by atoms with E-state index in [2.05, 4.69) is 21.3 Å². The average Bonchev–Trinajstić information content (AvgIpc) is 3.45. The first-order valence-corrected chi connectivity index (χ1v) is 11.3. The number of ether oxygens (including phenoxy) is 1. The number of pyridine rings is 1. The van der Waals surface area contributed by atoms with Crippen LogP contribution in [0.4, 0.5) is 5.00 Å². The van der Waals surface area contributed by atoms with E-state index in [-0.39, 0.29) is 11.9 Å². The second-order valence-electron chi connectivity index (χ2n) is 7.72. The van der Waals surface area contributed by atoms with Gasteiger partial charge in [0.05, 0.1) is 25.5 Å². The van der Waals surface area contributed by atoms with E-state index in [9.17, 15) is 4.79 Å². The van der Waals surface area contributed by atoms with Gasteiger partial charge in [-0.25, -0.2) is 0 Å². The van der Waals surface area contributed by atoms with Gasteiger partial charge in [0.1, 0.15) is 5.00 Å². The molecule has 0 radical (unpaired) electrons. The number of hydrogen-bond acceptors (Lipinski definition) is 6. The zero-order valence-electron chi connectivity index (χ0n) is 16.8. The van der Waals surface area contributed by atoms with E-state index in [1.807, 2.05) is 18.5 Å². The Hall–Kier alpha value is -2.48. The van der Waals surface area contributed by atoms with Gasteiger partial charge >= 0.3 is 0 Å². The number of carbonyl (C=O) groups is 1. The van der Waals surface area contributed by atoms with Crippen molar-refractivity contribution in [3.63, 3.8) is 0 Å². The van der Waals surface area contributed by atoms with Crippen LogP contribution in [0.1, 0.15) is 51.0 Å². The van der Waals surface area contributed by atoms with Crippen LogP contribution < -0.4 is 5.32 Å². The number of anilines is 1. The molecule has 4 heterocycles. The maximum absolute atomic E-state index is 12.8. The zero-order valence-corrected chi connectivity index (χ0v) is 17.6. The van der Waals surface area contributed by atoms with E-state index >= 15 is 0 Å². The van der Waals surface area contributed by atoms with E-state index in [0.29, 0.717) is 5.76 Å². The third kappa shape index (κ3) is 3.80. The predicted molar refractivity (Wildman–Crippen MR) is 116 cm³/mol. The average molecular weight is 424 g/mol. The Balaban J connectivity index is 1.60. The van der Waals surface area contributed by atoms with Crippen LogP contribution in [0.5, 0.6) is 0 Å². The second-order valence-corrected chi connectivity index (χ2v) is 8.83. The van der Waals surface area contributed by atoms with Gasteiger partial charge in [0.25, 0.3) is 5.91 Å². The molecule has 5 rings (SSSR count). The van der Waals surface area contributed by atoms with Crippen molar-refractivity contribution in [1.82, 2.24) is 9.88 Å². The van der Waals surface area contributed by atoms with Crippen LogP contribution in [-0.2, 0) is 17.6 Å². The van der Waals surface area contributed by atoms with Crippen LogP contribution in [0.25, 0.3) is 0 Å². The minimum atomic E-state index is -0.202. The molecule has 0 bridgehead atoms. The highest BCUT2D eigenvalue weighted by Gasteiger charge is 2.33. The summed E-state index contributed by atoms with van der Waals surface area (Å²) in [6.07, 6.45) is 9.80. The topological polar surface area (TPSA) is 67.6 Å². The van der Waals surface area contributed by atoms with Gasteiger partial charge in [-0.05, 0) is 55.0 Å². The number of furan rings is 1. The fourth-order valence-corrected chi connectivity index (χ4v) is 5.79. The molecule has 0 saturated carbocycles. The molecule has 1 aliphatic heterocycles. The molecule has 156 valence electrons. The fourth-order valence-electron chi connectivity index (χ4n) is 4.48. The number of hydrogen-bond donors (Lipinski definition) is 1. The molecule has 1 saturated heterocycles. The highest BCUT2D eigenvalue weighted by Crippen LogP contribution is 2.45. The maximum Gasteiger partial charge on any atom is 0.291 e. The third-order valence-corrected chi connectivity index (χ3v) is 7.09. The molecule has 0 aromatic carbocycles. The van der Waals surface area contributed by atoms with Gasteiger partial charge in [0.15, 0.2) is 5.76 Å². The normalized spacial score (nSPS) is 18.0. The van der Waals surface area contributed by atoms with Crippen LogP contribution in [0.3, 0.4) is 0 Å². The zero-order chi connectivity index (χ0) is 20.3. The van der Waals surface area contributed by atoms with E-state index < -0.39 is 0 Å². The molecule has 1 fully saturated rings. The van der Waals surface area contributed by atoms with Crippen LogP contribution in [0.2, 0.25) is 0 Å². The van der Waals surface area contributed by atoms with Gasteiger partial charge < -0.3 is 14.5 Å². The molecule has 30 heavy (non-hydrogen) atoms. The lowest BCUT2D eigenvalue weighted by Gasteiger charge is -2.36. The van der Waals surface area contributed by atoms with Gasteiger partial charge in [-0.1, -0.05) is 6.07 Å². The Morgan fingerprint density at radius 2 is 2.03 bits per heavy atom. The highest BCUT2D eigenvalue weighted by molar-refractivity contribution is 7.16. The lowest BCUT2D eigenvalue weighted by Crippen LogP contribution is -2.40. The quantitative estimate of drug-likeness (QED) is 0.663. The van der Waals surface area contributed by atoms with E-state index in [4.69, 9.17) is 9.15 Å². The summed E-state index contributed by atoms with van der Waals surface area (Å²) in [5, 5.41) is 4.10. The number of thiophene rings is 1. The smallest absolute Gasteiger partial charge is 0.291 e. The Labute approximate surface area is 179 Å². The van der Waals surface area contributed by atoms with Crippen molar-refractivity contribution in [2.45, 2.75) is 31.7 Å². The number of nitrogens with one attached hydrogen (secondary N) is 1. The van der Waals surface area contributed by atoms with Crippen molar-refractivity contribution >= 4 is 22.2 Å². The Morgan fingerprint density at radius 1 is 1.17 bits per heavy atom. The Kier molecular flexibility index (Phi) is 5.66. The molecule has 1 N–H and O–H groups in total. The number of fused-ring (bicyclic) bond motifs is 1. The van der Waals surface area contributed by atoms with Crippen molar-refractivity contribution in [1.29, 1.82) is 0 Å². The first kappa shape index (κ1) is 19.5. The summed E-state index contributed by atoms with van der Waals surface area (Å²) in [6, 6.07) is 7.61. The van der Waals surface area contributed by atoms with E-state index in [1.54, 1.807) is 23.5 Å². The summed E-state index contributed by atoms with van der Waals surface area (Å²) >= 11 is 1.72. The van der Waals surface area contributed by atoms with Crippen molar-refractivity contribution < 1.29 is 13.9 Å². The summed E-state index contributed by atoms with van der Waals surface area (Å²) < 4.78 is 10.9. The van der Waals surface area contributed by atoms with Gasteiger partial charge in [-0.3, -0.25) is 14.7 Å². The van der Waals surface area contributed by atoms with Crippen molar-refractivity contribution in [2.24, 2.45) is 0 Å². The number of aryl methyl sites for hydroxylation is 1. The molecule has 1 atom stereocenters. The van der Waals surface area contributed by atoms with Crippen LogP contribution >= 0.6 is 11.3 Å². The molecule has 7 heteroatoms. The van der Waals surface area contributed by atoms with E-state index in [1.165, 1.54) is 35.1 Å². The summed E-state index contributed by atoms with van der Waals surface area (Å²) in [7, 11) is 0. The molecule has 1 amide bonds. The number of aromatic nitrogens is 1. The predicted octanol–water partition coefficient (Wildman–Crippen LogP) is 4.29. The molecule has 3 aromatic rings. The standard InChI is InChI=1S/C23H25N3O3S/c27-22(18-7-4-12-29-18)25-23-20(17-6-1-2-8-19(17)30-23)21(16-5-3-9-24-15-16)26-10-13-28-14-11-26/h3-5,7,9,12,15,21H,1-2,6,8,10-11,13-14H2,(H,25,27)/t21-/m1/s1. The third-order valence-electron chi connectivity index (χ3n) is 5.87. The van der Waals surface area contributed by atoms with Crippen LogP contribution in [-0.4, -0.2) is 42.1 Å². The number of amides is 1. The lowest BCUT2D eigenvalue weighted by molar-refractivity contribution is 0.0239. The molecule has 0 spiro atoms. The summed E-state index contributed by atoms with van der Waals surface area (Å²) in [5.41, 5.74) is 3.78. The van der Waals surface area contributed by atoms with Crippen LogP contribution in [0, 0.1) is 0 Å². The summed E-state index contributed by atoms with van der Waals surface area (Å²) in [4.78, 5) is 21.1. The summed E-state index contributed by atoms with van der Waals surface area (Å²) in [6.45, 7) is 3.15. The molecule has 0 unspecified atom stereocenters. The SMILES string of the molecule is O=C(Nc1sc2c(c1[C@@H](c1cccnc1)N1CCOCC1)CCCC2)c1ccco1. The largest absolute Gasteiger partial charge is 0.459 e. The van der Waals surface area contributed by atoms with Crippen LogP contribution in [0.15, 0.2) is 47.3 Å². The minimum Gasteiger partial charge on any atom is -0.459 e. The van der Waals surface area contributed by atoms with Gasteiger partial charge in [-0.2, -0.15) is 0 Å². The van der Waals surface area contributed by atoms with Crippen molar-refractivity contribution in [2.75, 3.05) is 31.6 Å². The second kappa shape index (κ2) is 8.71.